The Morgan fingerprint density at radius 2 is 1.97 bits per heavy atom. The minimum absolute atomic E-state index is 0. The Morgan fingerprint density at radius 1 is 1.23 bits per heavy atom. The standard InChI is InChI=1S/C22H24N2O5S.H2/c1-4-29-22(25)24-12-11-17-18-13-16(30(3,26)27)9-10-19(18)23-20(17)21(24)14-5-7-15(28-2)8-6-14;/h5-10,13,21,23H,4,11-12H2,1-3H3;1H. The topological polar surface area (TPSA) is 88.7 Å². The fourth-order valence-electron chi connectivity index (χ4n) is 4.03. The second-order valence-corrected chi connectivity index (χ2v) is 9.33. The van der Waals surface area contributed by atoms with Crippen molar-refractivity contribution in [1.29, 1.82) is 0 Å². The van der Waals surface area contributed by atoms with E-state index < -0.39 is 9.84 Å². The number of amides is 1. The molecule has 3 aromatic rings. The fraction of sp³-hybridized carbons (Fsp3) is 0.318. The van der Waals surface area contributed by atoms with Crippen molar-refractivity contribution in [2.24, 2.45) is 0 Å². The summed E-state index contributed by atoms with van der Waals surface area (Å²) in [6.07, 6.45) is 1.43. The molecule has 0 saturated carbocycles. The van der Waals surface area contributed by atoms with E-state index in [0.29, 0.717) is 19.6 Å². The number of aromatic amines is 1. The Balaban J connectivity index is 0.00000272. The second-order valence-electron chi connectivity index (χ2n) is 7.31. The number of nitrogens with one attached hydrogen (secondary N) is 1. The van der Waals surface area contributed by atoms with Crippen LogP contribution in [0, 0.1) is 0 Å². The molecule has 160 valence electrons. The molecule has 2 heterocycles. The van der Waals surface area contributed by atoms with Crippen LogP contribution in [0.5, 0.6) is 5.75 Å². The van der Waals surface area contributed by atoms with Gasteiger partial charge in [-0.2, -0.15) is 0 Å². The molecule has 30 heavy (non-hydrogen) atoms. The van der Waals surface area contributed by atoms with E-state index in [1.165, 1.54) is 6.26 Å². The first-order chi connectivity index (χ1) is 14.3. The second kappa shape index (κ2) is 7.68. The summed E-state index contributed by atoms with van der Waals surface area (Å²) in [5.41, 5.74) is 3.66. The van der Waals surface area contributed by atoms with Gasteiger partial charge in [-0.25, -0.2) is 13.2 Å². The summed E-state index contributed by atoms with van der Waals surface area (Å²) in [7, 11) is -1.71. The summed E-state index contributed by atoms with van der Waals surface area (Å²) >= 11 is 0. The number of H-pyrrole nitrogens is 1. The highest BCUT2D eigenvalue weighted by Gasteiger charge is 2.35. The average Bonchev–Trinajstić information content (AvgIpc) is 3.10. The van der Waals surface area contributed by atoms with Crippen LogP contribution in [0.4, 0.5) is 4.79 Å². The van der Waals surface area contributed by atoms with Gasteiger partial charge in [0.15, 0.2) is 9.84 Å². The fourth-order valence-corrected chi connectivity index (χ4v) is 4.68. The lowest BCUT2D eigenvalue weighted by molar-refractivity contribution is 0.0932. The maximum Gasteiger partial charge on any atom is 0.410 e. The third-order valence-corrected chi connectivity index (χ3v) is 6.57. The lowest BCUT2D eigenvalue weighted by atomic mass is 9.92. The largest absolute Gasteiger partial charge is 0.497 e. The molecule has 0 radical (unpaired) electrons. The summed E-state index contributed by atoms with van der Waals surface area (Å²) in [6, 6.07) is 12.3. The van der Waals surface area contributed by atoms with E-state index in [1.54, 1.807) is 37.1 Å². The third kappa shape index (κ3) is 3.52. The summed E-state index contributed by atoms with van der Waals surface area (Å²) in [4.78, 5) is 18.1. The van der Waals surface area contributed by atoms with Gasteiger partial charge in [0.2, 0.25) is 0 Å². The number of sulfone groups is 1. The summed E-state index contributed by atoms with van der Waals surface area (Å²) in [6.45, 7) is 2.55. The molecule has 0 bridgehead atoms. The van der Waals surface area contributed by atoms with Gasteiger partial charge >= 0.3 is 6.09 Å². The highest BCUT2D eigenvalue weighted by Crippen LogP contribution is 2.39. The van der Waals surface area contributed by atoms with E-state index in [2.05, 4.69) is 4.98 Å². The number of methoxy groups -OCH3 is 1. The molecule has 1 amide bonds. The Bertz CT molecular complexity index is 1200. The summed E-state index contributed by atoms with van der Waals surface area (Å²) in [5.74, 6) is 0.729. The third-order valence-electron chi connectivity index (χ3n) is 5.46. The Hall–Kier alpha value is -3.00. The van der Waals surface area contributed by atoms with Gasteiger partial charge in [0.1, 0.15) is 11.8 Å². The van der Waals surface area contributed by atoms with Gasteiger partial charge in [-0.1, -0.05) is 12.1 Å². The molecule has 1 N–H and O–H groups in total. The lowest BCUT2D eigenvalue weighted by Crippen LogP contribution is -2.40. The smallest absolute Gasteiger partial charge is 0.410 e. The number of aromatic nitrogens is 1. The number of carbonyl (C=O) groups is 1. The normalized spacial score (nSPS) is 16.4. The number of fused-ring (bicyclic) bond motifs is 3. The first kappa shape index (κ1) is 20.3. The number of nitrogens with zero attached hydrogens (tertiary/aromatic N) is 1. The van der Waals surface area contributed by atoms with Gasteiger partial charge in [-0.05, 0) is 54.8 Å². The zero-order valence-electron chi connectivity index (χ0n) is 17.1. The first-order valence-electron chi connectivity index (χ1n) is 9.75. The van der Waals surface area contributed by atoms with Crippen LogP contribution in [0.2, 0.25) is 0 Å². The quantitative estimate of drug-likeness (QED) is 0.677. The zero-order chi connectivity index (χ0) is 21.5. The predicted octanol–water partition coefficient (Wildman–Crippen LogP) is 3.93. The Labute approximate surface area is 177 Å². The first-order valence-corrected chi connectivity index (χ1v) is 11.6. The average molecular weight is 431 g/mol. The SMILES string of the molecule is CCOC(=O)N1CCc2c([nH]c3ccc(S(C)(=O)=O)cc23)C1c1ccc(OC)cc1.[HH]. The molecule has 1 unspecified atom stereocenters. The minimum Gasteiger partial charge on any atom is -0.497 e. The van der Waals surface area contributed by atoms with Crippen LogP contribution in [-0.2, 0) is 21.0 Å². The molecule has 0 saturated heterocycles. The van der Waals surface area contributed by atoms with Gasteiger partial charge in [0.05, 0.1) is 18.6 Å². The molecule has 2 aromatic carbocycles. The van der Waals surface area contributed by atoms with Crippen molar-refractivity contribution in [2.75, 3.05) is 26.5 Å². The number of hydrogen-bond donors (Lipinski definition) is 1. The number of rotatable bonds is 4. The number of carbonyl (C=O) groups excluding carboxylic acids is 1. The zero-order valence-corrected chi connectivity index (χ0v) is 18.0. The number of benzene rings is 2. The predicted molar refractivity (Wildman–Crippen MR) is 116 cm³/mol. The van der Waals surface area contributed by atoms with Crippen LogP contribution in [0.1, 0.15) is 31.2 Å². The van der Waals surface area contributed by atoms with Crippen LogP contribution in [0.25, 0.3) is 10.9 Å². The van der Waals surface area contributed by atoms with E-state index in [9.17, 15) is 13.2 Å². The van der Waals surface area contributed by atoms with E-state index >= 15 is 0 Å². The van der Waals surface area contributed by atoms with E-state index in [1.807, 2.05) is 24.3 Å². The van der Waals surface area contributed by atoms with Crippen molar-refractivity contribution in [2.45, 2.75) is 24.3 Å². The molecule has 0 aliphatic carbocycles. The number of ether oxygens (including phenoxy) is 2. The minimum atomic E-state index is -3.32. The molecule has 0 fully saturated rings. The van der Waals surface area contributed by atoms with E-state index in [0.717, 1.165) is 33.5 Å². The molecule has 0 spiro atoms. The van der Waals surface area contributed by atoms with Crippen LogP contribution in [-0.4, -0.2) is 50.9 Å². The molecule has 1 aliphatic rings. The maximum atomic E-state index is 12.7. The van der Waals surface area contributed by atoms with Gasteiger partial charge in [0, 0.05) is 30.8 Å². The maximum absolute atomic E-state index is 12.7. The lowest BCUT2D eigenvalue weighted by Gasteiger charge is -2.35. The number of hydrogen-bond acceptors (Lipinski definition) is 5. The molecular formula is C22H26N2O5S. The van der Waals surface area contributed by atoms with Crippen molar-refractivity contribution < 1.29 is 24.1 Å². The molecule has 7 nitrogen and oxygen atoms in total. The van der Waals surface area contributed by atoms with Gasteiger partial charge in [-0.3, -0.25) is 4.90 Å². The van der Waals surface area contributed by atoms with Crippen LogP contribution in [0.3, 0.4) is 0 Å². The van der Waals surface area contributed by atoms with Crippen molar-refractivity contribution in [3.05, 3.63) is 59.3 Å². The van der Waals surface area contributed by atoms with Crippen molar-refractivity contribution in [3.63, 3.8) is 0 Å². The van der Waals surface area contributed by atoms with Crippen LogP contribution < -0.4 is 4.74 Å². The van der Waals surface area contributed by atoms with Gasteiger partial charge in [-0.15, -0.1) is 0 Å². The van der Waals surface area contributed by atoms with Crippen LogP contribution >= 0.6 is 0 Å². The summed E-state index contributed by atoms with van der Waals surface area (Å²) in [5, 5.41) is 0.870. The Kier molecular flexibility index (Phi) is 5.19. The molecule has 1 aliphatic heterocycles. The molecule has 8 heteroatoms. The van der Waals surface area contributed by atoms with E-state index in [-0.39, 0.29) is 18.5 Å². The molecule has 1 aromatic heterocycles. The van der Waals surface area contributed by atoms with Crippen molar-refractivity contribution in [3.8, 4) is 5.75 Å². The Morgan fingerprint density at radius 3 is 2.60 bits per heavy atom. The van der Waals surface area contributed by atoms with Gasteiger partial charge in [0.25, 0.3) is 0 Å². The van der Waals surface area contributed by atoms with Crippen molar-refractivity contribution in [1.82, 2.24) is 9.88 Å². The van der Waals surface area contributed by atoms with E-state index in [4.69, 9.17) is 9.47 Å². The molecule has 1 atom stereocenters. The molecule has 4 rings (SSSR count). The highest BCUT2D eigenvalue weighted by molar-refractivity contribution is 7.90. The highest BCUT2D eigenvalue weighted by atomic mass is 32.2. The van der Waals surface area contributed by atoms with Crippen LogP contribution in [0.15, 0.2) is 47.4 Å². The van der Waals surface area contributed by atoms with Gasteiger partial charge < -0.3 is 14.5 Å². The monoisotopic (exact) mass is 430 g/mol. The summed E-state index contributed by atoms with van der Waals surface area (Å²) < 4.78 is 34.6. The van der Waals surface area contributed by atoms with Crippen molar-refractivity contribution >= 4 is 26.8 Å². The molecular weight excluding hydrogens is 404 g/mol.